The number of hydrogen-bond donors (Lipinski definition) is 1. The van der Waals surface area contributed by atoms with Gasteiger partial charge in [0.1, 0.15) is 0 Å². The number of hydrogen-bond acceptors (Lipinski definition) is 2. The zero-order valence-corrected chi connectivity index (χ0v) is 11.8. The molecule has 0 saturated carbocycles. The normalized spacial score (nSPS) is 13.4. The Kier molecular flexibility index (Phi) is 8.65. The van der Waals surface area contributed by atoms with Gasteiger partial charge in [0, 0.05) is 11.9 Å². The lowest BCUT2D eigenvalue weighted by Crippen LogP contribution is -1.97. The van der Waals surface area contributed by atoms with E-state index in [9.17, 15) is 0 Å². The minimum absolute atomic E-state index is 0.171. The lowest BCUT2D eigenvalue weighted by Gasteiger charge is -1.99. The molecule has 1 rings (SSSR count). The molecule has 0 amide bonds. The Hall–Kier alpha value is -1.41. The van der Waals surface area contributed by atoms with Crippen LogP contribution in [0.4, 0.5) is 0 Å². The van der Waals surface area contributed by atoms with E-state index < -0.39 is 0 Å². The van der Waals surface area contributed by atoms with Gasteiger partial charge in [0.25, 0.3) is 0 Å². The highest BCUT2D eigenvalue weighted by atomic mass is 16.3. The maximum Gasteiger partial charge on any atom is 0.0512 e. The molecule has 0 bridgehead atoms. The fraction of sp³-hybridized carbons (Fsp3) is 0.471. The largest absolute Gasteiger partial charge is 0.393 e. The summed E-state index contributed by atoms with van der Waals surface area (Å²) in [7, 11) is 0. The topological polar surface area (TPSA) is 33.1 Å². The average molecular weight is 259 g/mol. The molecular formula is C17H25NO. The van der Waals surface area contributed by atoms with Gasteiger partial charge in [-0.2, -0.15) is 0 Å². The lowest BCUT2D eigenvalue weighted by molar-refractivity contribution is 0.182. The second-order valence-corrected chi connectivity index (χ2v) is 4.85. The second-order valence-electron chi connectivity index (χ2n) is 4.85. The van der Waals surface area contributed by atoms with Gasteiger partial charge < -0.3 is 5.11 Å². The third-order valence-corrected chi connectivity index (χ3v) is 2.91. The second kappa shape index (κ2) is 10.5. The van der Waals surface area contributed by atoms with Crippen LogP contribution in [-0.4, -0.2) is 16.2 Å². The minimum Gasteiger partial charge on any atom is -0.393 e. The van der Waals surface area contributed by atoms with E-state index in [1.54, 1.807) is 0 Å². The Morgan fingerprint density at radius 2 is 1.89 bits per heavy atom. The molecule has 2 nitrogen and oxygen atoms in total. The van der Waals surface area contributed by atoms with Gasteiger partial charge in [0.15, 0.2) is 0 Å². The number of pyridine rings is 1. The average Bonchev–Trinajstić information content (AvgIpc) is 2.42. The number of aromatic nitrogens is 1. The number of unbranched alkanes of at least 4 members (excludes halogenated alkanes) is 2. The molecule has 1 aromatic heterocycles. The molecule has 1 aromatic rings. The van der Waals surface area contributed by atoms with Crippen LogP contribution in [-0.2, 0) is 6.42 Å². The summed E-state index contributed by atoms with van der Waals surface area (Å²) in [4.78, 5) is 4.30. The monoisotopic (exact) mass is 259 g/mol. The maximum absolute atomic E-state index is 9.10. The van der Waals surface area contributed by atoms with Crippen LogP contribution in [0.25, 0.3) is 0 Å². The molecule has 2 heteroatoms. The van der Waals surface area contributed by atoms with E-state index in [0.717, 1.165) is 38.5 Å². The van der Waals surface area contributed by atoms with E-state index >= 15 is 0 Å². The van der Waals surface area contributed by atoms with E-state index in [2.05, 4.69) is 35.4 Å². The molecule has 0 aromatic carbocycles. The quantitative estimate of drug-likeness (QED) is 0.535. The van der Waals surface area contributed by atoms with E-state index in [0.29, 0.717) is 0 Å². The molecule has 0 aliphatic rings. The van der Waals surface area contributed by atoms with Crippen molar-refractivity contribution >= 4 is 0 Å². The van der Waals surface area contributed by atoms with E-state index in [-0.39, 0.29) is 6.10 Å². The molecule has 0 radical (unpaired) electrons. The van der Waals surface area contributed by atoms with Crippen LogP contribution in [0, 0.1) is 0 Å². The van der Waals surface area contributed by atoms with Crippen LogP contribution in [0.15, 0.2) is 48.7 Å². The number of allylic oxidation sites excluding steroid dienone is 4. The summed E-state index contributed by atoms with van der Waals surface area (Å²) in [5, 5.41) is 9.10. The first-order valence-corrected chi connectivity index (χ1v) is 7.18. The van der Waals surface area contributed by atoms with Gasteiger partial charge >= 0.3 is 0 Å². The van der Waals surface area contributed by atoms with Crippen LogP contribution in [0.3, 0.4) is 0 Å². The molecule has 0 spiro atoms. The molecule has 104 valence electrons. The third-order valence-electron chi connectivity index (χ3n) is 2.91. The number of aryl methyl sites for hydroxylation is 1. The Balaban J connectivity index is 2.00. The molecule has 0 fully saturated rings. The predicted octanol–water partition coefficient (Wildman–Crippen LogP) is 4.07. The fourth-order valence-electron chi connectivity index (χ4n) is 1.83. The molecule has 0 aliphatic heterocycles. The van der Waals surface area contributed by atoms with Crippen LogP contribution < -0.4 is 0 Å². The highest BCUT2D eigenvalue weighted by Gasteiger charge is 1.92. The summed E-state index contributed by atoms with van der Waals surface area (Å²) in [6.07, 6.45) is 16.5. The van der Waals surface area contributed by atoms with E-state index in [1.165, 1.54) is 5.69 Å². The van der Waals surface area contributed by atoms with Gasteiger partial charge in [-0.25, -0.2) is 0 Å². The summed E-state index contributed by atoms with van der Waals surface area (Å²) < 4.78 is 0. The van der Waals surface area contributed by atoms with Gasteiger partial charge in [-0.3, -0.25) is 4.98 Å². The summed E-state index contributed by atoms with van der Waals surface area (Å²) >= 11 is 0. The molecule has 0 aliphatic carbocycles. The van der Waals surface area contributed by atoms with Crippen molar-refractivity contribution in [3.8, 4) is 0 Å². The van der Waals surface area contributed by atoms with E-state index in [4.69, 9.17) is 5.11 Å². The first-order chi connectivity index (χ1) is 9.29. The number of rotatable bonds is 9. The highest BCUT2D eigenvalue weighted by Crippen LogP contribution is 2.03. The summed E-state index contributed by atoms with van der Waals surface area (Å²) in [5.74, 6) is 0. The van der Waals surface area contributed by atoms with Crippen LogP contribution in [0.1, 0.15) is 44.7 Å². The number of aliphatic hydroxyl groups is 1. The SMILES string of the molecule is C[C@@H](O)CCCC=CC=CCCCc1ccccn1. The fourth-order valence-corrected chi connectivity index (χ4v) is 1.83. The molecule has 0 unspecified atom stereocenters. The predicted molar refractivity (Wildman–Crippen MR) is 81.0 cm³/mol. The maximum atomic E-state index is 9.10. The van der Waals surface area contributed by atoms with Gasteiger partial charge in [-0.1, -0.05) is 30.4 Å². The van der Waals surface area contributed by atoms with Gasteiger partial charge in [-0.15, -0.1) is 0 Å². The van der Waals surface area contributed by atoms with Gasteiger partial charge in [0.05, 0.1) is 6.10 Å². The number of aliphatic hydroxyl groups excluding tert-OH is 1. The van der Waals surface area contributed by atoms with Crippen molar-refractivity contribution in [3.05, 3.63) is 54.4 Å². The molecule has 1 N–H and O–H groups in total. The van der Waals surface area contributed by atoms with Crippen molar-refractivity contribution in [2.75, 3.05) is 0 Å². The molecule has 1 atom stereocenters. The van der Waals surface area contributed by atoms with Crippen molar-refractivity contribution in [2.45, 2.75) is 51.6 Å². The molecular weight excluding hydrogens is 234 g/mol. The van der Waals surface area contributed by atoms with Gasteiger partial charge in [-0.05, 0) is 57.6 Å². The lowest BCUT2D eigenvalue weighted by atomic mass is 10.1. The summed E-state index contributed by atoms with van der Waals surface area (Å²) in [5.41, 5.74) is 1.17. The third kappa shape index (κ3) is 9.20. The summed E-state index contributed by atoms with van der Waals surface area (Å²) in [6, 6.07) is 6.06. The zero-order valence-electron chi connectivity index (χ0n) is 11.8. The minimum atomic E-state index is -0.171. The Morgan fingerprint density at radius 1 is 1.16 bits per heavy atom. The number of nitrogens with zero attached hydrogens (tertiary/aromatic N) is 1. The standard InChI is InChI=1S/C17H25NO/c1-16(19)12-8-6-4-2-3-5-7-9-13-17-14-10-11-15-18-17/h2-5,10-11,14-16,19H,6-9,12-13H2,1H3/t16-/m1/s1. The van der Waals surface area contributed by atoms with Crippen LogP contribution in [0.5, 0.6) is 0 Å². The smallest absolute Gasteiger partial charge is 0.0512 e. The van der Waals surface area contributed by atoms with Crippen LogP contribution in [0.2, 0.25) is 0 Å². The molecule has 1 heterocycles. The molecule has 0 saturated heterocycles. The Bertz CT molecular complexity index is 368. The zero-order chi connectivity index (χ0) is 13.8. The van der Waals surface area contributed by atoms with Gasteiger partial charge in [0.2, 0.25) is 0 Å². The Labute approximate surface area is 116 Å². The van der Waals surface area contributed by atoms with Crippen molar-refractivity contribution in [3.63, 3.8) is 0 Å². The van der Waals surface area contributed by atoms with Crippen molar-refractivity contribution in [1.82, 2.24) is 4.98 Å². The van der Waals surface area contributed by atoms with Crippen molar-refractivity contribution in [1.29, 1.82) is 0 Å². The Morgan fingerprint density at radius 3 is 2.53 bits per heavy atom. The van der Waals surface area contributed by atoms with Crippen molar-refractivity contribution < 1.29 is 5.11 Å². The van der Waals surface area contributed by atoms with Crippen molar-refractivity contribution in [2.24, 2.45) is 0 Å². The highest BCUT2D eigenvalue weighted by molar-refractivity contribution is 5.05. The van der Waals surface area contributed by atoms with Crippen LogP contribution >= 0.6 is 0 Å². The van der Waals surface area contributed by atoms with E-state index in [1.807, 2.05) is 25.3 Å². The molecule has 19 heavy (non-hydrogen) atoms. The summed E-state index contributed by atoms with van der Waals surface area (Å²) in [6.45, 7) is 1.84. The first-order valence-electron chi connectivity index (χ1n) is 7.18. The first kappa shape index (κ1) is 15.6.